The lowest BCUT2D eigenvalue weighted by Gasteiger charge is -2.35. The summed E-state index contributed by atoms with van der Waals surface area (Å²) < 4.78 is 0. The highest BCUT2D eigenvalue weighted by atomic mass is 32.1. The standard InChI is InChI=1S/C12H21N3O2S/c1-4-5-6-12(7-8-15(2)3)9(16)13-11(18)14-10(12)17/h4-8H2,1-3H3,(H2,13,14,16,17,18). The first-order valence-corrected chi connectivity index (χ1v) is 6.65. The summed E-state index contributed by atoms with van der Waals surface area (Å²) in [4.78, 5) is 26.3. The van der Waals surface area contributed by atoms with Crippen molar-refractivity contribution in [1.82, 2.24) is 15.5 Å². The van der Waals surface area contributed by atoms with Crippen molar-refractivity contribution in [2.45, 2.75) is 32.6 Å². The summed E-state index contributed by atoms with van der Waals surface area (Å²) in [7, 11) is 3.85. The summed E-state index contributed by atoms with van der Waals surface area (Å²) in [6, 6.07) is 0. The van der Waals surface area contributed by atoms with Crippen LogP contribution in [-0.4, -0.2) is 42.5 Å². The number of carbonyl (C=O) groups is 2. The molecule has 0 spiro atoms. The molecule has 1 saturated heterocycles. The predicted molar refractivity (Wildman–Crippen MR) is 74.0 cm³/mol. The minimum atomic E-state index is -0.970. The van der Waals surface area contributed by atoms with E-state index in [0.29, 0.717) is 19.4 Å². The monoisotopic (exact) mass is 271 g/mol. The van der Waals surface area contributed by atoms with Gasteiger partial charge in [-0.05, 0) is 45.7 Å². The highest BCUT2D eigenvalue weighted by molar-refractivity contribution is 7.80. The Kier molecular flexibility index (Phi) is 5.22. The third-order valence-corrected chi connectivity index (χ3v) is 3.47. The Balaban J connectivity index is 2.90. The quantitative estimate of drug-likeness (QED) is 0.550. The molecule has 5 nitrogen and oxygen atoms in total. The van der Waals surface area contributed by atoms with Crippen LogP contribution in [0.15, 0.2) is 0 Å². The Labute approximate surface area is 113 Å². The summed E-state index contributed by atoms with van der Waals surface area (Å²) >= 11 is 4.84. The van der Waals surface area contributed by atoms with Gasteiger partial charge in [-0.15, -0.1) is 0 Å². The summed E-state index contributed by atoms with van der Waals surface area (Å²) in [6.07, 6.45) is 2.88. The van der Waals surface area contributed by atoms with Crippen molar-refractivity contribution in [1.29, 1.82) is 0 Å². The maximum Gasteiger partial charge on any atom is 0.241 e. The van der Waals surface area contributed by atoms with E-state index in [1.807, 2.05) is 25.9 Å². The first kappa shape index (κ1) is 15.0. The van der Waals surface area contributed by atoms with Crippen molar-refractivity contribution in [3.05, 3.63) is 0 Å². The maximum absolute atomic E-state index is 12.2. The van der Waals surface area contributed by atoms with E-state index in [0.717, 1.165) is 12.8 Å². The number of rotatable bonds is 6. The van der Waals surface area contributed by atoms with Crippen LogP contribution < -0.4 is 10.6 Å². The highest BCUT2D eigenvalue weighted by Gasteiger charge is 2.48. The van der Waals surface area contributed by atoms with Crippen LogP contribution in [0.3, 0.4) is 0 Å². The van der Waals surface area contributed by atoms with Crippen LogP contribution in [-0.2, 0) is 9.59 Å². The molecule has 2 amide bonds. The van der Waals surface area contributed by atoms with Crippen LogP contribution in [0.25, 0.3) is 0 Å². The average Bonchev–Trinajstić information content (AvgIpc) is 2.27. The summed E-state index contributed by atoms with van der Waals surface area (Å²) in [5, 5.41) is 5.26. The van der Waals surface area contributed by atoms with Gasteiger partial charge in [0.25, 0.3) is 0 Å². The van der Waals surface area contributed by atoms with E-state index < -0.39 is 5.41 Å². The number of unbranched alkanes of at least 4 members (excludes halogenated alkanes) is 1. The molecule has 0 bridgehead atoms. The largest absolute Gasteiger partial charge is 0.309 e. The third kappa shape index (κ3) is 3.26. The zero-order valence-corrected chi connectivity index (χ0v) is 12.0. The number of amides is 2. The van der Waals surface area contributed by atoms with Gasteiger partial charge in [-0.3, -0.25) is 9.59 Å². The molecule has 6 heteroatoms. The molecule has 1 aliphatic rings. The maximum atomic E-state index is 12.2. The Morgan fingerprint density at radius 3 is 2.17 bits per heavy atom. The normalized spacial score (nSPS) is 18.8. The molecule has 1 fully saturated rings. The van der Waals surface area contributed by atoms with Crippen LogP contribution in [0.5, 0.6) is 0 Å². The Bertz CT molecular complexity index is 335. The fourth-order valence-electron chi connectivity index (χ4n) is 2.05. The molecule has 1 heterocycles. The molecule has 0 aromatic heterocycles. The van der Waals surface area contributed by atoms with Gasteiger partial charge in [0, 0.05) is 0 Å². The molecule has 18 heavy (non-hydrogen) atoms. The average molecular weight is 271 g/mol. The Hall–Kier alpha value is -1.01. The van der Waals surface area contributed by atoms with Gasteiger partial charge < -0.3 is 15.5 Å². The van der Waals surface area contributed by atoms with Crippen molar-refractivity contribution in [3.8, 4) is 0 Å². The van der Waals surface area contributed by atoms with Gasteiger partial charge >= 0.3 is 0 Å². The molecule has 0 saturated carbocycles. The number of hydrogen-bond acceptors (Lipinski definition) is 4. The lowest BCUT2D eigenvalue weighted by Crippen LogP contribution is -2.62. The minimum Gasteiger partial charge on any atom is -0.309 e. The molecule has 0 aromatic carbocycles. The molecule has 1 aliphatic heterocycles. The summed E-state index contributed by atoms with van der Waals surface area (Å²) in [5.41, 5.74) is -0.970. The molecule has 0 aromatic rings. The number of nitrogens with zero attached hydrogens (tertiary/aromatic N) is 1. The first-order chi connectivity index (χ1) is 8.42. The molecule has 2 N–H and O–H groups in total. The fourth-order valence-corrected chi connectivity index (χ4v) is 2.24. The van der Waals surface area contributed by atoms with Crippen molar-refractivity contribution < 1.29 is 9.59 Å². The highest BCUT2D eigenvalue weighted by Crippen LogP contribution is 2.31. The number of hydrogen-bond donors (Lipinski definition) is 2. The van der Waals surface area contributed by atoms with Gasteiger partial charge in [0.05, 0.1) is 0 Å². The zero-order chi connectivity index (χ0) is 13.8. The topological polar surface area (TPSA) is 61.4 Å². The number of nitrogens with one attached hydrogen (secondary N) is 2. The molecule has 0 atom stereocenters. The van der Waals surface area contributed by atoms with E-state index in [-0.39, 0.29) is 16.9 Å². The van der Waals surface area contributed by atoms with E-state index in [2.05, 4.69) is 10.6 Å². The fraction of sp³-hybridized carbons (Fsp3) is 0.750. The first-order valence-electron chi connectivity index (χ1n) is 6.24. The molecule has 0 aliphatic carbocycles. The van der Waals surface area contributed by atoms with Crippen molar-refractivity contribution >= 4 is 29.1 Å². The predicted octanol–water partition coefficient (Wildman–Crippen LogP) is 0.646. The molecular weight excluding hydrogens is 250 g/mol. The molecule has 102 valence electrons. The summed E-state index contributed by atoms with van der Waals surface area (Å²) in [5.74, 6) is -0.516. The van der Waals surface area contributed by atoms with Gasteiger partial charge in [0.1, 0.15) is 5.41 Å². The van der Waals surface area contributed by atoms with Crippen LogP contribution in [0.2, 0.25) is 0 Å². The Morgan fingerprint density at radius 1 is 1.17 bits per heavy atom. The molecule has 0 radical (unpaired) electrons. The van der Waals surface area contributed by atoms with Gasteiger partial charge in [0.2, 0.25) is 11.8 Å². The molecule has 1 rings (SSSR count). The van der Waals surface area contributed by atoms with Crippen LogP contribution in [0, 0.1) is 5.41 Å². The van der Waals surface area contributed by atoms with Crippen molar-refractivity contribution in [2.24, 2.45) is 5.41 Å². The lowest BCUT2D eigenvalue weighted by atomic mass is 9.76. The van der Waals surface area contributed by atoms with Crippen LogP contribution in [0.4, 0.5) is 0 Å². The van der Waals surface area contributed by atoms with Gasteiger partial charge in [-0.1, -0.05) is 19.8 Å². The lowest BCUT2D eigenvalue weighted by molar-refractivity contribution is -0.145. The molecular formula is C12H21N3O2S. The van der Waals surface area contributed by atoms with Gasteiger partial charge in [0.15, 0.2) is 5.11 Å². The smallest absolute Gasteiger partial charge is 0.241 e. The van der Waals surface area contributed by atoms with Crippen LogP contribution >= 0.6 is 12.2 Å². The molecule has 0 unspecified atom stereocenters. The number of thiocarbonyl (C=S) groups is 1. The van der Waals surface area contributed by atoms with Gasteiger partial charge in [-0.2, -0.15) is 0 Å². The van der Waals surface area contributed by atoms with E-state index >= 15 is 0 Å². The summed E-state index contributed by atoms with van der Waals surface area (Å²) in [6.45, 7) is 2.74. The van der Waals surface area contributed by atoms with Crippen molar-refractivity contribution in [3.63, 3.8) is 0 Å². The second kappa shape index (κ2) is 6.24. The zero-order valence-electron chi connectivity index (χ0n) is 11.2. The van der Waals surface area contributed by atoms with Crippen molar-refractivity contribution in [2.75, 3.05) is 20.6 Å². The van der Waals surface area contributed by atoms with E-state index in [1.54, 1.807) is 0 Å². The second-order valence-corrected chi connectivity index (χ2v) is 5.38. The number of carbonyl (C=O) groups excluding carboxylic acids is 2. The SMILES string of the molecule is CCCCC1(CCN(C)C)C(=O)NC(=S)NC1=O. The van der Waals surface area contributed by atoms with E-state index in [4.69, 9.17) is 12.2 Å². The Morgan fingerprint density at radius 2 is 1.72 bits per heavy atom. The second-order valence-electron chi connectivity index (χ2n) is 4.98. The van der Waals surface area contributed by atoms with Gasteiger partial charge in [-0.25, -0.2) is 0 Å². The van der Waals surface area contributed by atoms with Crippen LogP contribution in [0.1, 0.15) is 32.6 Å². The minimum absolute atomic E-state index is 0.113. The van der Waals surface area contributed by atoms with E-state index in [1.165, 1.54) is 0 Å². The van der Waals surface area contributed by atoms with E-state index in [9.17, 15) is 9.59 Å². The third-order valence-electron chi connectivity index (χ3n) is 3.27.